The summed E-state index contributed by atoms with van der Waals surface area (Å²) in [5.74, 6) is 1.77. The first kappa shape index (κ1) is 19.3. The SMILES string of the molecule is C=CCOc1ccc(C(=O)N2CCC(CNC)C2)cc1OC.Cl. The molecule has 0 aliphatic carbocycles. The number of hydrogen-bond donors (Lipinski definition) is 1. The highest BCUT2D eigenvalue weighted by molar-refractivity contribution is 5.95. The smallest absolute Gasteiger partial charge is 0.254 e. The van der Waals surface area contributed by atoms with E-state index in [4.69, 9.17) is 9.47 Å². The van der Waals surface area contributed by atoms with Crippen molar-refractivity contribution in [2.75, 3.05) is 40.4 Å². The zero-order valence-corrected chi connectivity index (χ0v) is 14.5. The molecule has 1 aromatic rings. The van der Waals surface area contributed by atoms with Crippen molar-refractivity contribution in [1.29, 1.82) is 0 Å². The monoisotopic (exact) mass is 340 g/mol. The van der Waals surface area contributed by atoms with Crippen molar-refractivity contribution in [3.05, 3.63) is 36.4 Å². The first-order chi connectivity index (χ1) is 10.7. The lowest BCUT2D eigenvalue weighted by atomic mass is 10.1. The third-order valence-corrected chi connectivity index (χ3v) is 3.83. The molecule has 128 valence electrons. The Kier molecular flexibility index (Phi) is 7.92. The van der Waals surface area contributed by atoms with E-state index < -0.39 is 0 Å². The van der Waals surface area contributed by atoms with Crippen LogP contribution in [0.25, 0.3) is 0 Å². The lowest BCUT2D eigenvalue weighted by Gasteiger charge is -2.18. The number of carbonyl (C=O) groups excluding carboxylic acids is 1. The van der Waals surface area contributed by atoms with Gasteiger partial charge in [0.1, 0.15) is 6.61 Å². The van der Waals surface area contributed by atoms with E-state index in [-0.39, 0.29) is 18.3 Å². The number of rotatable bonds is 7. The number of likely N-dealkylation sites (tertiary alicyclic amines) is 1. The zero-order chi connectivity index (χ0) is 15.9. The van der Waals surface area contributed by atoms with Crippen LogP contribution in [-0.4, -0.2) is 51.2 Å². The second-order valence-corrected chi connectivity index (χ2v) is 5.43. The highest BCUT2D eigenvalue weighted by Gasteiger charge is 2.26. The molecule has 1 aliphatic heterocycles. The van der Waals surface area contributed by atoms with Gasteiger partial charge in [0.05, 0.1) is 7.11 Å². The van der Waals surface area contributed by atoms with E-state index in [0.29, 0.717) is 29.6 Å². The van der Waals surface area contributed by atoms with E-state index in [1.165, 1.54) is 0 Å². The lowest BCUT2D eigenvalue weighted by Crippen LogP contribution is -2.30. The maximum Gasteiger partial charge on any atom is 0.254 e. The number of nitrogens with one attached hydrogen (secondary N) is 1. The Balaban J connectivity index is 0.00000264. The second-order valence-electron chi connectivity index (χ2n) is 5.43. The molecule has 1 aliphatic rings. The van der Waals surface area contributed by atoms with Gasteiger partial charge in [-0.05, 0) is 44.1 Å². The number of ether oxygens (including phenoxy) is 2. The summed E-state index contributed by atoms with van der Waals surface area (Å²) in [7, 11) is 3.51. The average molecular weight is 341 g/mol. The van der Waals surface area contributed by atoms with E-state index in [1.807, 2.05) is 11.9 Å². The molecule has 1 fully saturated rings. The minimum Gasteiger partial charge on any atom is -0.493 e. The predicted molar refractivity (Wildman–Crippen MR) is 93.9 cm³/mol. The molecule has 0 aromatic heterocycles. The summed E-state index contributed by atoms with van der Waals surface area (Å²) in [5.41, 5.74) is 0.632. The third-order valence-electron chi connectivity index (χ3n) is 3.83. The highest BCUT2D eigenvalue weighted by Crippen LogP contribution is 2.29. The van der Waals surface area contributed by atoms with Crippen molar-refractivity contribution in [3.8, 4) is 11.5 Å². The van der Waals surface area contributed by atoms with Crippen LogP contribution in [0.5, 0.6) is 11.5 Å². The van der Waals surface area contributed by atoms with Crippen molar-refractivity contribution in [2.45, 2.75) is 6.42 Å². The summed E-state index contributed by atoms with van der Waals surface area (Å²) in [6.07, 6.45) is 2.72. The molecule has 23 heavy (non-hydrogen) atoms. The molecule has 5 nitrogen and oxygen atoms in total. The van der Waals surface area contributed by atoms with Gasteiger partial charge < -0.3 is 19.7 Å². The zero-order valence-electron chi connectivity index (χ0n) is 13.7. The summed E-state index contributed by atoms with van der Waals surface area (Å²) >= 11 is 0. The van der Waals surface area contributed by atoms with Gasteiger partial charge in [-0.15, -0.1) is 12.4 Å². The molecule has 6 heteroatoms. The summed E-state index contributed by atoms with van der Waals surface area (Å²) in [4.78, 5) is 14.5. The minimum absolute atomic E-state index is 0. The molecule has 0 spiro atoms. The number of halogens is 1. The number of hydrogen-bond acceptors (Lipinski definition) is 4. The molecule has 0 saturated carbocycles. The van der Waals surface area contributed by atoms with Crippen LogP contribution in [-0.2, 0) is 0 Å². The van der Waals surface area contributed by atoms with Crippen molar-refractivity contribution >= 4 is 18.3 Å². The van der Waals surface area contributed by atoms with E-state index in [0.717, 1.165) is 26.1 Å². The lowest BCUT2D eigenvalue weighted by molar-refractivity contribution is 0.0787. The Morgan fingerprint density at radius 3 is 2.91 bits per heavy atom. The first-order valence-corrected chi connectivity index (χ1v) is 7.55. The van der Waals surface area contributed by atoms with Crippen molar-refractivity contribution in [3.63, 3.8) is 0 Å². The van der Waals surface area contributed by atoms with Gasteiger partial charge in [0, 0.05) is 18.7 Å². The van der Waals surface area contributed by atoms with Crippen LogP contribution in [0.3, 0.4) is 0 Å². The van der Waals surface area contributed by atoms with Crippen LogP contribution in [0, 0.1) is 5.92 Å². The van der Waals surface area contributed by atoms with Crippen LogP contribution >= 0.6 is 12.4 Å². The van der Waals surface area contributed by atoms with Gasteiger partial charge >= 0.3 is 0 Å². The maximum atomic E-state index is 12.6. The normalized spacial score (nSPS) is 16.6. The number of amides is 1. The van der Waals surface area contributed by atoms with Crippen molar-refractivity contribution in [1.82, 2.24) is 10.2 Å². The average Bonchev–Trinajstić information content (AvgIpc) is 3.01. The Bertz CT molecular complexity index is 537. The third kappa shape index (κ3) is 4.88. The molecule has 1 saturated heterocycles. The first-order valence-electron chi connectivity index (χ1n) is 7.55. The molecule has 1 aromatic carbocycles. The van der Waals surface area contributed by atoms with Gasteiger partial charge in [0.25, 0.3) is 5.91 Å². The van der Waals surface area contributed by atoms with Crippen LogP contribution < -0.4 is 14.8 Å². The standard InChI is InChI=1S/C17H24N2O3.ClH/c1-4-9-22-15-6-5-14(10-16(15)21-3)17(20)19-8-7-13(12-19)11-18-2;/h4-6,10,13,18H,1,7-9,11-12H2,2-3H3;1H. The van der Waals surface area contributed by atoms with E-state index in [2.05, 4.69) is 11.9 Å². The number of nitrogens with zero attached hydrogens (tertiary/aromatic N) is 1. The Labute approximate surface area is 144 Å². The molecule has 0 bridgehead atoms. The summed E-state index contributed by atoms with van der Waals surface area (Å²) in [6, 6.07) is 5.30. The fraction of sp³-hybridized carbons (Fsp3) is 0.471. The van der Waals surface area contributed by atoms with Gasteiger partial charge in [0.15, 0.2) is 11.5 Å². The second kappa shape index (κ2) is 9.43. The number of methoxy groups -OCH3 is 1. The molecular formula is C17H25ClN2O3. The summed E-state index contributed by atoms with van der Waals surface area (Å²) in [5, 5.41) is 3.17. The van der Waals surface area contributed by atoms with Gasteiger partial charge in [-0.25, -0.2) is 0 Å². The molecular weight excluding hydrogens is 316 g/mol. The molecule has 1 heterocycles. The van der Waals surface area contributed by atoms with Crippen molar-refractivity contribution < 1.29 is 14.3 Å². The highest BCUT2D eigenvalue weighted by atomic mass is 35.5. The van der Waals surface area contributed by atoms with Crippen molar-refractivity contribution in [2.24, 2.45) is 5.92 Å². The summed E-state index contributed by atoms with van der Waals surface area (Å²) in [6.45, 7) is 6.58. The molecule has 2 rings (SSSR count). The molecule has 1 amide bonds. The van der Waals surface area contributed by atoms with Gasteiger partial charge in [-0.1, -0.05) is 12.7 Å². The fourth-order valence-electron chi connectivity index (χ4n) is 2.72. The number of benzene rings is 1. The van der Waals surface area contributed by atoms with Gasteiger partial charge in [-0.3, -0.25) is 4.79 Å². The molecule has 1 atom stereocenters. The van der Waals surface area contributed by atoms with Gasteiger partial charge in [-0.2, -0.15) is 0 Å². The fourth-order valence-corrected chi connectivity index (χ4v) is 2.72. The molecule has 1 N–H and O–H groups in total. The minimum atomic E-state index is 0. The van der Waals surface area contributed by atoms with Crippen LogP contribution in [0.15, 0.2) is 30.9 Å². The Morgan fingerprint density at radius 1 is 1.48 bits per heavy atom. The Hall–Kier alpha value is -1.72. The van der Waals surface area contributed by atoms with Crippen LogP contribution in [0.2, 0.25) is 0 Å². The summed E-state index contributed by atoms with van der Waals surface area (Å²) < 4.78 is 10.8. The van der Waals surface area contributed by atoms with E-state index in [9.17, 15) is 4.79 Å². The maximum absolute atomic E-state index is 12.6. The predicted octanol–water partition coefficient (Wildman–Crippen LogP) is 2.36. The van der Waals surface area contributed by atoms with E-state index >= 15 is 0 Å². The molecule has 1 unspecified atom stereocenters. The topological polar surface area (TPSA) is 50.8 Å². The van der Waals surface area contributed by atoms with Crippen LogP contribution in [0.1, 0.15) is 16.8 Å². The number of carbonyl (C=O) groups is 1. The quantitative estimate of drug-likeness (QED) is 0.774. The van der Waals surface area contributed by atoms with Gasteiger partial charge in [0.2, 0.25) is 0 Å². The largest absolute Gasteiger partial charge is 0.493 e. The van der Waals surface area contributed by atoms with Crippen LogP contribution in [0.4, 0.5) is 0 Å². The van der Waals surface area contributed by atoms with E-state index in [1.54, 1.807) is 31.4 Å². The Morgan fingerprint density at radius 2 is 2.26 bits per heavy atom. The molecule has 0 radical (unpaired) electrons.